The minimum absolute atomic E-state index is 0.0376. The Kier molecular flexibility index (Phi) is 3.01. The lowest BCUT2D eigenvalue weighted by Crippen LogP contribution is -2.21. The Labute approximate surface area is 89.0 Å². The Morgan fingerprint density at radius 3 is 2.38 bits per heavy atom. The van der Waals surface area contributed by atoms with Crippen LogP contribution in [-0.4, -0.2) is 31.9 Å². The second-order valence-corrected chi connectivity index (χ2v) is 6.59. The number of hydrogen-bond acceptors (Lipinski definition) is 4. The third-order valence-electron chi connectivity index (χ3n) is 1.40. The lowest BCUT2D eigenvalue weighted by atomic mass is 10.6. The van der Waals surface area contributed by atoms with Gasteiger partial charge in [0, 0.05) is 19.5 Å². The van der Waals surface area contributed by atoms with Crippen molar-refractivity contribution in [3.8, 4) is 5.75 Å². The predicted octanol–water partition coefficient (Wildman–Crippen LogP) is 1.47. The summed E-state index contributed by atoms with van der Waals surface area (Å²) in [6.07, 6.45) is 0. The standard InChI is InChI=1S/C6H8BrNO3S2/c1-8(2)13(10,11)6-5(9)4(7)3-12-6/h3,9H,1-2H3. The summed E-state index contributed by atoms with van der Waals surface area (Å²) in [5, 5.41) is 10.9. The van der Waals surface area contributed by atoms with Crippen molar-refractivity contribution in [3.05, 3.63) is 9.85 Å². The first-order valence-corrected chi connectivity index (χ1v) is 6.37. The normalized spacial score (nSPS) is 12.3. The molecule has 0 aliphatic heterocycles. The quantitative estimate of drug-likeness (QED) is 0.895. The molecule has 1 aromatic rings. The van der Waals surface area contributed by atoms with Crippen LogP contribution < -0.4 is 0 Å². The Morgan fingerprint density at radius 2 is 2.08 bits per heavy atom. The molecule has 4 nitrogen and oxygen atoms in total. The average Bonchev–Trinajstić information content (AvgIpc) is 2.33. The zero-order valence-corrected chi connectivity index (χ0v) is 10.2. The highest BCUT2D eigenvalue weighted by Gasteiger charge is 2.24. The van der Waals surface area contributed by atoms with E-state index in [1.54, 1.807) is 0 Å². The van der Waals surface area contributed by atoms with Crippen molar-refractivity contribution < 1.29 is 13.5 Å². The molecule has 13 heavy (non-hydrogen) atoms. The maximum absolute atomic E-state index is 11.5. The summed E-state index contributed by atoms with van der Waals surface area (Å²) in [5.74, 6) is -0.223. The van der Waals surface area contributed by atoms with Gasteiger partial charge >= 0.3 is 0 Å². The average molecular weight is 286 g/mol. The van der Waals surface area contributed by atoms with E-state index in [0.717, 1.165) is 15.6 Å². The summed E-state index contributed by atoms with van der Waals surface area (Å²) in [5.41, 5.74) is 0. The van der Waals surface area contributed by atoms with E-state index >= 15 is 0 Å². The predicted molar refractivity (Wildman–Crippen MR) is 54.6 cm³/mol. The highest BCUT2D eigenvalue weighted by atomic mass is 79.9. The van der Waals surface area contributed by atoms with E-state index in [-0.39, 0.29) is 9.96 Å². The molecule has 74 valence electrons. The van der Waals surface area contributed by atoms with Gasteiger partial charge in [0.05, 0.1) is 4.47 Å². The molecule has 0 saturated carbocycles. The van der Waals surface area contributed by atoms with Gasteiger partial charge in [0.15, 0.2) is 9.96 Å². The van der Waals surface area contributed by atoms with Crippen LogP contribution in [0.3, 0.4) is 0 Å². The first-order valence-electron chi connectivity index (χ1n) is 3.26. The first-order chi connectivity index (χ1) is 5.87. The van der Waals surface area contributed by atoms with Gasteiger partial charge in [-0.25, -0.2) is 12.7 Å². The summed E-state index contributed by atoms with van der Waals surface area (Å²) >= 11 is 4.02. The summed E-state index contributed by atoms with van der Waals surface area (Å²) in [4.78, 5) is 0. The van der Waals surface area contributed by atoms with Crippen LogP contribution in [0.1, 0.15) is 0 Å². The molecule has 0 radical (unpaired) electrons. The molecule has 1 aromatic heterocycles. The molecule has 1 heterocycles. The topological polar surface area (TPSA) is 57.6 Å². The van der Waals surface area contributed by atoms with E-state index in [9.17, 15) is 13.5 Å². The van der Waals surface area contributed by atoms with Gasteiger partial charge in [0.25, 0.3) is 10.0 Å². The molecule has 0 aromatic carbocycles. The van der Waals surface area contributed by atoms with Gasteiger partial charge in [-0.15, -0.1) is 11.3 Å². The van der Waals surface area contributed by atoms with Crippen LogP contribution in [-0.2, 0) is 10.0 Å². The van der Waals surface area contributed by atoms with E-state index in [1.165, 1.54) is 19.5 Å². The number of thiophene rings is 1. The van der Waals surface area contributed by atoms with Crippen LogP contribution in [0.2, 0.25) is 0 Å². The lowest BCUT2D eigenvalue weighted by Gasteiger charge is -2.09. The van der Waals surface area contributed by atoms with E-state index in [1.807, 2.05) is 0 Å². The van der Waals surface area contributed by atoms with Crippen LogP contribution in [0.25, 0.3) is 0 Å². The minimum Gasteiger partial charge on any atom is -0.505 e. The molecular formula is C6H8BrNO3S2. The molecule has 0 fully saturated rings. The molecule has 0 amide bonds. The third kappa shape index (κ3) is 1.88. The van der Waals surface area contributed by atoms with Crippen molar-refractivity contribution in [3.63, 3.8) is 0 Å². The van der Waals surface area contributed by atoms with Gasteiger partial charge in [-0.1, -0.05) is 0 Å². The minimum atomic E-state index is -3.51. The molecule has 7 heteroatoms. The van der Waals surface area contributed by atoms with Gasteiger partial charge in [0.2, 0.25) is 0 Å². The smallest absolute Gasteiger partial charge is 0.255 e. The number of aromatic hydroxyl groups is 1. The third-order valence-corrected chi connectivity index (χ3v) is 5.62. The number of halogens is 1. The van der Waals surface area contributed by atoms with Crippen molar-refractivity contribution >= 4 is 37.3 Å². The van der Waals surface area contributed by atoms with Crippen molar-refractivity contribution in [2.24, 2.45) is 0 Å². The fourth-order valence-corrected chi connectivity index (χ4v) is 3.71. The molecule has 0 spiro atoms. The van der Waals surface area contributed by atoms with Gasteiger partial charge in [-0.2, -0.15) is 0 Å². The Balaban J connectivity index is 3.32. The first kappa shape index (κ1) is 11.0. The number of nitrogens with zero attached hydrogens (tertiary/aromatic N) is 1. The van der Waals surface area contributed by atoms with Gasteiger partial charge in [0.1, 0.15) is 0 Å². The van der Waals surface area contributed by atoms with Crippen molar-refractivity contribution in [2.75, 3.05) is 14.1 Å². The maximum Gasteiger partial charge on any atom is 0.255 e. The fraction of sp³-hybridized carbons (Fsp3) is 0.333. The molecule has 0 atom stereocenters. The summed E-state index contributed by atoms with van der Waals surface area (Å²) < 4.78 is 24.5. The van der Waals surface area contributed by atoms with Gasteiger partial charge in [-0.05, 0) is 15.9 Å². The Bertz CT molecular complexity index is 410. The zero-order valence-electron chi connectivity index (χ0n) is 6.98. The van der Waals surface area contributed by atoms with Crippen LogP contribution >= 0.6 is 27.3 Å². The van der Waals surface area contributed by atoms with Crippen molar-refractivity contribution in [1.82, 2.24) is 4.31 Å². The van der Waals surface area contributed by atoms with E-state index in [2.05, 4.69) is 15.9 Å². The number of sulfonamides is 1. The van der Waals surface area contributed by atoms with Crippen LogP contribution in [0, 0.1) is 0 Å². The maximum atomic E-state index is 11.5. The van der Waals surface area contributed by atoms with Gasteiger partial charge in [-0.3, -0.25) is 0 Å². The van der Waals surface area contributed by atoms with E-state index < -0.39 is 10.0 Å². The molecule has 0 aliphatic carbocycles. The zero-order chi connectivity index (χ0) is 10.2. The molecule has 1 rings (SSSR count). The van der Waals surface area contributed by atoms with Crippen LogP contribution in [0.5, 0.6) is 5.75 Å². The van der Waals surface area contributed by atoms with Crippen molar-refractivity contribution in [2.45, 2.75) is 4.21 Å². The Hall–Kier alpha value is -0.110. The van der Waals surface area contributed by atoms with E-state index in [4.69, 9.17) is 0 Å². The summed E-state index contributed by atoms with van der Waals surface area (Å²) in [7, 11) is -0.677. The molecule has 0 saturated heterocycles. The van der Waals surface area contributed by atoms with Gasteiger partial charge < -0.3 is 5.11 Å². The lowest BCUT2D eigenvalue weighted by molar-refractivity contribution is 0.455. The summed E-state index contributed by atoms with van der Waals surface area (Å²) in [6.45, 7) is 0. The highest BCUT2D eigenvalue weighted by Crippen LogP contribution is 2.37. The number of hydrogen-bond donors (Lipinski definition) is 1. The van der Waals surface area contributed by atoms with Crippen molar-refractivity contribution in [1.29, 1.82) is 0 Å². The number of rotatable bonds is 2. The molecule has 0 unspecified atom stereocenters. The second-order valence-electron chi connectivity index (χ2n) is 2.51. The Morgan fingerprint density at radius 1 is 1.54 bits per heavy atom. The molecular weight excluding hydrogens is 278 g/mol. The highest BCUT2D eigenvalue weighted by molar-refractivity contribution is 9.10. The summed E-state index contributed by atoms with van der Waals surface area (Å²) in [6, 6.07) is 0. The van der Waals surface area contributed by atoms with Crippen LogP contribution in [0.15, 0.2) is 14.1 Å². The SMILES string of the molecule is CN(C)S(=O)(=O)c1scc(Br)c1O. The molecule has 0 aliphatic rings. The van der Waals surface area contributed by atoms with E-state index in [0.29, 0.717) is 4.47 Å². The molecule has 1 N–H and O–H groups in total. The second kappa shape index (κ2) is 3.56. The monoisotopic (exact) mass is 285 g/mol. The fourth-order valence-electron chi connectivity index (χ4n) is 0.663. The molecule has 0 bridgehead atoms. The van der Waals surface area contributed by atoms with Crippen LogP contribution in [0.4, 0.5) is 0 Å². The largest absolute Gasteiger partial charge is 0.505 e.